The summed E-state index contributed by atoms with van der Waals surface area (Å²) >= 11 is 0. The maximum absolute atomic E-state index is 11.7. The normalized spacial score (nSPS) is 10.1. The van der Waals surface area contributed by atoms with Crippen LogP contribution in [0.1, 0.15) is 5.56 Å². The number of ether oxygens (including phenoxy) is 1. The van der Waals surface area contributed by atoms with Gasteiger partial charge in [0.2, 0.25) is 5.91 Å². The number of carbonyl (C=O) groups excluding carboxylic acids is 1. The van der Waals surface area contributed by atoms with E-state index < -0.39 is 0 Å². The molecule has 0 radical (unpaired) electrons. The van der Waals surface area contributed by atoms with Crippen LogP contribution in [-0.4, -0.2) is 26.1 Å². The van der Waals surface area contributed by atoms with Gasteiger partial charge in [-0.25, -0.2) is 0 Å². The second-order valence-corrected chi connectivity index (χ2v) is 4.65. The highest BCUT2D eigenvalue weighted by atomic mass is 16.5. The van der Waals surface area contributed by atoms with Gasteiger partial charge in [0.15, 0.2) is 0 Å². The average Bonchev–Trinajstić information content (AvgIpc) is 2.53. The van der Waals surface area contributed by atoms with E-state index in [9.17, 15) is 4.79 Å². The summed E-state index contributed by atoms with van der Waals surface area (Å²) in [6.07, 6.45) is 0.822. The third kappa shape index (κ3) is 4.93. The van der Waals surface area contributed by atoms with Gasteiger partial charge in [0.1, 0.15) is 5.75 Å². The summed E-state index contributed by atoms with van der Waals surface area (Å²) in [6.45, 7) is 1.02. The van der Waals surface area contributed by atoms with Crippen LogP contribution in [0.3, 0.4) is 0 Å². The van der Waals surface area contributed by atoms with Gasteiger partial charge in [-0.3, -0.25) is 4.79 Å². The first-order chi connectivity index (χ1) is 10.3. The van der Waals surface area contributed by atoms with Gasteiger partial charge in [-0.15, -0.1) is 0 Å². The summed E-state index contributed by atoms with van der Waals surface area (Å²) in [4.78, 5) is 11.7. The first kappa shape index (κ1) is 15.1. The summed E-state index contributed by atoms with van der Waals surface area (Å²) in [6, 6.07) is 17.3. The van der Waals surface area contributed by atoms with Crippen molar-refractivity contribution in [3.8, 4) is 5.75 Å². The lowest BCUT2D eigenvalue weighted by Crippen LogP contribution is -2.29. The molecule has 21 heavy (non-hydrogen) atoms. The standard InChI is InChI=1S/C17H20N2O2/c1-21-16-10-6-5-7-14(16)11-12-18-13-17(20)19-15-8-3-2-4-9-15/h2-10,18H,11-13H2,1H3,(H,19,20). The molecular formula is C17H20N2O2. The van der Waals surface area contributed by atoms with E-state index in [0.717, 1.165) is 30.0 Å². The monoisotopic (exact) mass is 284 g/mol. The van der Waals surface area contributed by atoms with Gasteiger partial charge < -0.3 is 15.4 Å². The van der Waals surface area contributed by atoms with Crippen LogP contribution in [0.2, 0.25) is 0 Å². The molecule has 110 valence electrons. The zero-order valence-corrected chi connectivity index (χ0v) is 12.1. The Kier molecular flexibility index (Phi) is 5.79. The summed E-state index contributed by atoms with van der Waals surface area (Å²) < 4.78 is 5.30. The summed E-state index contributed by atoms with van der Waals surface area (Å²) in [7, 11) is 1.67. The highest BCUT2D eigenvalue weighted by Crippen LogP contribution is 2.17. The van der Waals surface area contributed by atoms with Crippen LogP contribution in [0.15, 0.2) is 54.6 Å². The van der Waals surface area contributed by atoms with Crippen LogP contribution in [0, 0.1) is 0 Å². The molecule has 4 heteroatoms. The topological polar surface area (TPSA) is 50.4 Å². The van der Waals surface area contributed by atoms with Crippen molar-refractivity contribution in [1.82, 2.24) is 5.32 Å². The molecule has 0 aliphatic carbocycles. The Labute approximate surface area is 125 Å². The zero-order chi connectivity index (χ0) is 14.9. The third-order valence-corrected chi connectivity index (χ3v) is 3.11. The zero-order valence-electron chi connectivity index (χ0n) is 12.1. The van der Waals surface area contributed by atoms with Crippen molar-refractivity contribution in [3.05, 3.63) is 60.2 Å². The highest BCUT2D eigenvalue weighted by Gasteiger charge is 2.03. The average molecular weight is 284 g/mol. The quantitative estimate of drug-likeness (QED) is 0.768. The van der Waals surface area contributed by atoms with Crippen molar-refractivity contribution in [3.63, 3.8) is 0 Å². The molecule has 0 saturated heterocycles. The number of carbonyl (C=O) groups is 1. The second-order valence-electron chi connectivity index (χ2n) is 4.65. The minimum Gasteiger partial charge on any atom is -0.496 e. The molecule has 2 N–H and O–H groups in total. The van der Waals surface area contributed by atoms with Crippen LogP contribution in [0.4, 0.5) is 5.69 Å². The lowest BCUT2D eigenvalue weighted by molar-refractivity contribution is -0.115. The largest absolute Gasteiger partial charge is 0.496 e. The number of para-hydroxylation sites is 2. The molecule has 0 fully saturated rings. The number of rotatable bonds is 7. The number of nitrogens with one attached hydrogen (secondary N) is 2. The van der Waals surface area contributed by atoms with Crippen LogP contribution >= 0.6 is 0 Å². The molecule has 0 unspecified atom stereocenters. The molecule has 4 nitrogen and oxygen atoms in total. The van der Waals surface area contributed by atoms with Crippen LogP contribution in [-0.2, 0) is 11.2 Å². The SMILES string of the molecule is COc1ccccc1CCNCC(=O)Nc1ccccc1. The van der Waals surface area contributed by atoms with Crippen LogP contribution in [0.5, 0.6) is 5.75 Å². The lowest BCUT2D eigenvalue weighted by atomic mass is 10.1. The van der Waals surface area contributed by atoms with E-state index in [0.29, 0.717) is 6.54 Å². The Morgan fingerprint density at radius 3 is 2.52 bits per heavy atom. The predicted octanol–water partition coefficient (Wildman–Crippen LogP) is 2.47. The van der Waals surface area contributed by atoms with Crippen LogP contribution < -0.4 is 15.4 Å². The van der Waals surface area contributed by atoms with Gasteiger partial charge >= 0.3 is 0 Å². The molecule has 0 heterocycles. The van der Waals surface area contributed by atoms with Gasteiger partial charge in [-0.1, -0.05) is 36.4 Å². The fraction of sp³-hybridized carbons (Fsp3) is 0.235. The number of anilines is 1. The molecule has 0 bridgehead atoms. The molecule has 0 atom stereocenters. The van der Waals surface area contributed by atoms with Crippen molar-refractivity contribution in [2.24, 2.45) is 0 Å². The molecule has 0 spiro atoms. The summed E-state index contributed by atoms with van der Waals surface area (Å²) in [5.74, 6) is 0.842. The fourth-order valence-corrected chi connectivity index (χ4v) is 2.06. The van der Waals surface area contributed by atoms with E-state index in [1.54, 1.807) is 7.11 Å². The van der Waals surface area contributed by atoms with Crippen LogP contribution in [0.25, 0.3) is 0 Å². The molecular weight excluding hydrogens is 264 g/mol. The molecule has 2 aromatic rings. The van der Waals surface area contributed by atoms with E-state index in [1.807, 2.05) is 54.6 Å². The minimum atomic E-state index is -0.0405. The molecule has 2 rings (SSSR count). The van der Waals surface area contributed by atoms with Crippen molar-refractivity contribution < 1.29 is 9.53 Å². The van der Waals surface area contributed by atoms with E-state index in [1.165, 1.54) is 0 Å². The smallest absolute Gasteiger partial charge is 0.238 e. The van der Waals surface area contributed by atoms with E-state index in [2.05, 4.69) is 10.6 Å². The Bertz CT molecular complexity index is 570. The lowest BCUT2D eigenvalue weighted by Gasteiger charge is -2.09. The highest BCUT2D eigenvalue weighted by molar-refractivity contribution is 5.92. The Morgan fingerprint density at radius 1 is 1.05 bits per heavy atom. The minimum absolute atomic E-state index is 0.0405. The summed E-state index contributed by atoms with van der Waals surface area (Å²) in [5, 5.41) is 5.97. The van der Waals surface area contributed by atoms with Crippen molar-refractivity contribution in [2.45, 2.75) is 6.42 Å². The predicted molar refractivity (Wildman–Crippen MR) is 84.6 cm³/mol. The fourth-order valence-electron chi connectivity index (χ4n) is 2.06. The van der Waals surface area contributed by atoms with E-state index in [4.69, 9.17) is 4.74 Å². The molecule has 1 amide bonds. The number of benzene rings is 2. The third-order valence-electron chi connectivity index (χ3n) is 3.11. The van der Waals surface area contributed by atoms with Gasteiger partial charge in [0, 0.05) is 5.69 Å². The van der Waals surface area contributed by atoms with Gasteiger partial charge in [-0.05, 0) is 36.7 Å². The number of methoxy groups -OCH3 is 1. The number of amides is 1. The van der Waals surface area contributed by atoms with E-state index >= 15 is 0 Å². The Hall–Kier alpha value is -2.33. The van der Waals surface area contributed by atoms with Crippen molar-refractivity contribution >= 4 is 11.6 Å². The maximum Gasteiger partial charge on any atom is 0.238 e. The first-order valence-electron chi connectivity index (χ1n) is 6.97. The number of hydrogen-bond acceptors (Lipinski definition) is 3. The maximum atomic E-state index is 11.7. The van der Waals surface area contributed by atoms with Gasteiger partial charge in [-0.2, -0.15) is 0 Å². The van der Waals surface area contributed by atoms with Crippen molar-refractivity contribution in [1.29, 1.82) is 0 Å². The Balaban J connectivity index is 1.71. The van der Waals surface area contributed by atoms with Crippen molar-refractivity contribution in [2.75, 3.05) is 25.5 Å². The Morgan fingerprint density at radius 2 is 1.76 bits per heavy atom. The molecule has 0 saturated carbocycles. The molecule has 0 aliphatic heterocycles. The molecule has 0 aromatic heterocycles. The van der Waals surface area contributed by atoms with Gasteiger partial charge in [0.25, 0.3) is 0 Å². The number of hydrogen-bond donors (Lipinski definition) is 2. The second kappa shape index (κ2) is 8.07. The summed E-state index contributed by atoms with van der Waals surface area (Å²) in [5.41, 5.74) is 1.95. The molecule has 2 aromatic carbocycles. The van der Waals surface area contributed by atoms with E-state index in [-0.39, 0.29) is 5.91 Å². The first-order valence-corrected chi connectivity index (χ1v) is 6.97. The van der Waals surface area contributed by atoms with Gasteiger partial charge in [0.05, 0.1) is 13.7 Å². The molecule has 0 aliphatic rings.